The summed E-state index contributed by atoms with van der Waals surface area (Å²) in [4.78, 5) is 0. The topological polar surface area (TPSA) is 44.5 Å². The summed E-state index contributed by atoms with van der Waals surface area (Å²) >= 11 is 0. The Balaban J connectivity index is 3.02. The van der Waals surface area contributed by atoms with Gasteiger partial charge in [0, 0.05) is 6.04 Å². The second-order valence-corrected chi connectivity index (χ2v) is 3.33. The van der Waals surface area contributed by atoms with Gasteiger partial charge in [-0.1, -0.05) is 12.1 Å². The fourth-order valence-corrected chi connectivity index (χ4v) is 1.46. The van der Waals surface area contributed by atoms with Crippen LogP contribution in [0.3, 0.4) is 0 Å². The van der Waals surface area contributed by atoms with Gasteiger partial charge in [-0.2, -0.15) is 0 Å². The van der Waals surface area contributed by atoms with Crippen molar-refractivity contribution < 1.29 is 9.47 Å². The summed E-state index contributed by atoms with van der Waals surface area (Å²) in [5.74, 6) is 1.54. The molecule has 0 bridgehead atoms. The first kappa shape index (κ1) is 10.9. The van der Waals surface area contributed by atoms with Crippen LogP contribution in [0, 0.1) is 0 Å². The van der Waals surface area contributed by atoms with Crippen LogP contribution in [0.5, 0.6) is 11.5 Å². The van der Waals surface area contributed by atoms with Gasteiger partial charge in [0.05, 0.1) is 14.2 Å². The third kappa shape index (κ3) is 2.39. The lowest BCUT2D eigenvalue weighted by molar-refractivity contribution is 0.351. The summed E-state index contributed by atoms with van der Waals surface area (Å²) < 4.78 is 10.5. The minimum Gasteiger partial charge on any atom is -0.493 e. The Morgan fingerprint density at radius 3 is 2.50 bits per heavy atom. The number of methoxy groups -OCH3 is 2. The minimum absolute atomic E-state index is 0.121. The van der Waals surface area contributed by atoms with Gasteiger partial charge in [0.25, 0.3) is 0 Å². The van der Waals surface area contributed by atoms with Gasteiger partial charge >= 0.3 is 0 Å². The van der Waals surface area contributed by atoms with Gasteiger partial charge in [-0.3, -0.25) is 0 Å². The molecule has 3 heteroatoms. The smallest absolute Gasteiger partial charge is 0.163 e. The summed E-state index contributed by atoms with van der Waals surface area (Å²) in [6.45, 7) is 1.97. The van der Waals surface area contributed by atoms with Crippen molar-refractivity contribution >= 4 is 0 Å². The van der Waals surface area contributed by atoms with E-state index in [1.54, 1.807) is 14.2 Å². The van der Waals surface area contributed by atoms with E-state index in [2.05, 4.69) is 0 Å². The summed E-state index contributed by atoms with van der Waals surface area (Å²) in [6, 6.07) is 5.95. The molecule has 0 amide bonds. The molecule has 0 saturated heterocycles. The molecule has 0 fully saturated rings. The van der Waals surface area contributed by atoms with Crippen molar-refractivity contribution in [3.63, 3.8) is 0 Å². The van der Waals surface area contributed by atoms with Crippen LogP contribution in [-0.2, 0) is 6.42 Å². The zero-order chi connectivity index (χ0) is 10.6. The number of para-hydroxylation sites is 1. The Labute approximate surface area is 84.8 Å². The molecule has 1 rings (SSSR count). The Morgan fingerprint density at radius 2 is 2.00 bits per heavy atom. The van der Waals surface area contributed by atoms with Crippen molar-refractivity contribution in [2.24, 2.45) is 5.73 Å². The summed E-state index contributed by atoms with van der Waals surface area (Å²) in [7, 11) is 3.27. The Kier molecular flexibility index (Phi) is 3.77. The van der Waals surface area contributed by atoms with Gasteiger partial charge in [0.15, 0.2) is 11.5 Å². The molecule has 0 heterocycles. The zero-order valence-corrected chi connectivity index (χ0v) is 8.91. The molecule has 0 radical (unpaired) electrons. The Hall–Kier alpha value is -1.22. The van der Waals surface area contributed by atoms with Crippen molar-refractivity contribution in [3.05, 3.63) is 23.8 Å². The molecule has 0 aliphatic heterocycles. The number of rotatable bonds is 4. The summed E-state index contributed by atoms with van der Waals surface area (Å²) in [5.41, 5.74) is 6.83. The average molecular weight is 195 g/mol. The van der Waals surface area contributed by atoms with Crippen LogP contribution in [0.25, 0.3) is 0 Å². The lowest BCUT2D eigenvalue weighted by Gasteiger charge is -2.13. The highest BCUT2D eigenvalue weighted by Crippen LogP contribution is 2.31. The van der Waals surface area contributed by atoms with E-state index in [0.29, 0.717) is 0 Å². The molecule has 2 N–H and O–H groups in total. The van der Waals surface area contributed by atoms with E-state index in [-0.39, 0.29) is 6.04 Å². The van der Waals surface area contributed by atoms with Crippen molar-refractivity contribution in [1.29, 1.82) is 0 Å². The molecule has 0 aromatic heterocycles. The standard InChI is InChI=1S/C11H17NO2/c1-8(12)7-9-5-4-6-10(13-2)11(9)14-3/h4-6,8H,7,12H2,1-3H3/t8-/m0/s1. The zero-order valence-electron chi connectivity index (χ0n) is 8.91. The van der Waals surface area contributed by atoms with Crippen LogP contribution in [0.2, 0.25) is 0 Å². The highest BCUT2D eigenvalue weighted by atomic mass is 16.5. The second-order valence-electron chi connectivity index (χ2n) is 3.33. The van der Waals surface area contributed by atoms with Crippen molar-refractivity contribution in [3.8, 4) is 11.5 Å². The Morgan fingerprint density at radius 1 is 1.29 bits per heavy atom. The molecule has 14 heavy (non-hydrogen) atoms. The monoisotopic (exact) mass is 195 g/mol. The van der Waals surface area contributed by atoms with E-state index in [1.165, 1.54) is 0 Å². The van der Waals surface area contributed by atoms with Crippen LogP contribution >= 0.6 is 0 Å². The van der Waals surface area contributed by atoms with Gasteiger partial charge in [-0.05, 0) is 25.0 Å². The quantitative estimate of drug-likeness (QED) is 0.793. The molecule has 0 spiro atoms. The van der Waals surface area contributed by atoms with Gasteiger partial charge in [0.2, 0.25) is 0 Å². The lowest BCUT2D eigenvalue weighted by Crippen LogP contribution is -2.18. The van der Waals surface area contributed by atoms with E-state index < -0.39 is 0 Å². The molecule has 0 saturated carbocycles. The SMILES string of the molecule is COc1cccc(C[C@H](C)N)c1OC. The van der Waals surface area contributed by atoms with Crippen LogP contribution in [0.4, 0.5) is 0 Å². The maximum Gasteiger partial charge on any atom is 0.163 e. The number of hydrogen-bond donors (Lipinski definition) is 1. The molecule has 1 atom stereocenters. The van der Waals surface area contributed by atoms with Crippen LogP contribution in [0.1, 0.15) is 12.5 Å². The molecule has 0 unspecified atom stereocenters. The summed E-state index contributed by atoms with van der Waals surface area (Å²) in [5, 5.41) is 0. The number of nitrogens with two attached hydrogens (primary N) is 1. The molecule has 78 valence electrons. The van der Waals surface area contributed by atoms with E-state index >= 15 is 0 Å². The lowest BCUT2D eigenvalue weighted by atomic mass is 10.1. The molecule has 0 aliphatic rings. The van der Waals surface area contributed by atoms with Crippen molar-refractivity contribution in [1.82, 2.24) is 0 Å². The normalized spacial score (nSPS) is 12.3. The maximum atomic E-state index is 5.74. The maximum absolute atomic E-state index is 5.74. The highest BCUT2D eigenvalue weighted by molar-refractivity contribution is 5.46. The molecule has 1 aromatic carbocycles. The molecule has 1 aromatic rings. The largest absolute Gasteiger partial charge is 0.493 e. The predicted octanol–water partition coefficient (Wildman–Crippen LogP) is 1.59. The molecule has 0 aliphatic carbocycles. The predicted molar refractivity (Wildman–Crippen MR) is 56.9 cm³/mol. The number of ether oxygens (including phenoxy) is 2. The van der Waals surface area contributed by atoms with Gasteiger partial charge in [-0.15, -0.1) is 0 Å². The first-order chi connectivity index (χ1) is 6.69. The van der Waals surface area contributed by atoms with E-state index in [9.17, 15) is 0 Å². The van der Waals surface area contributed by atoms with Crippen LogP contribution < -0.4 is 15.2 Å². The van der Waals surface area contributed by atoms with Crippen molar-refractivity contribution in [2.75, 3.05) is 14.2 Å². The summed E-state index contributed by atoms with van der Waals surface area (Å²) in [6.07, 6.45) is 0.792. The van der Waals surface area contributed by atoms with Crippen LogP contribution in [-0.4, -0.2) is 20.3 Å². The van der Waals surface area contributed by atoms with Gasteiger partial charge in [0.1, 0.15) is 0 Å². The number of hydrogen-bond acceptors (Lipinski definition) is 3. The third-order valence-electron chi connectivity index (χ3n) is 2.03. The highest BCUT2D eigenvalue weighted by Gasteiger charge is 2.10. The van der Waals surface area contributed by atoms with E-state index in [4.69, 9.17) is 15.2 Å². The van der Waals surface area contributed by atoms with Crippen LogP contribution in [0.15, 0.2) is 18.2 Å². The number of benzene rings is 1. The Bertz CT molecular complexity index is 297. The first-order valence-corrected chi connectivity index (χ1v) is 4.64. The molecular formula is C11H17NO2. The molecule has 3 nitrogen and oxygen atoms in total. The third-order valence-corrected chi connectivity index (χ3v) is 2.03. The average Bonchev–Trinajstić information content (AvgIpc) is 2.16. The van der Waals surface area contributed by atoms with Crippen molar-refractivity contribution in [2.45, 2.75) is 19.4 Å². The second kappa shape index (κ2) is 4.86. The van der Waals surface area contributed by atoms with E-state index in [0.717, 1.165) is 23.5 Å². The van der Waals surface area contributed by atoms with Gasteiger partial charge in [-0.25, -0.2) is 0 Å². The fourth-order valence-electron chi connectivity index (χ4n) is 1.46. The molecular weight excluding hydrogens is 178 g/mol. The fraction of sp³-hybridized carbons (Fsp3) is 0.455. The van der Waals surface area contributed by atoms with E-state index in [1.807, 2.05) is 25.1 Å². The first-order valence-electron chi connectivity index (χ1n) is 4.64. The van der Waals surface area contributed by atoms with Gasteiger partial charge < -0.3 is 15.2 Å². The minimum atomic E-state index is 0.121.